The molecule has 2 aromatic rings. The van der Waals surface area contributed by atoms with Crippen LogP contribution in [0.1, 0.15) is 44.2 Å². The maximum atomic E-state index is 12.4. The molecule has 0 unspecified atom stereocenters. The molecule has 0 radical (unpaired) electrons. The monoisotopic (exact) mass is 367 g/mol. The number of hydrogen-bond donors (Lipinski definition) is 1. The van der Waals surface area contributed by atoms with Crippen LogP contribution in [-0.2, 0) is 16.1 Å². The van der Waals surface area contributed by atoms with Crippen LogP contribution in [0.15, 0.2) is 30.7 Å². The topological polar surface area (TPSA) is 80.1 Å². The van der Waals surface area contributed by atoms with Gasteiger partial charge in [0.2, 0.25) is 11.8 Å². The van der Waals surface area contributed by atoms with E-state index in [1.54, 1.807) is 24.2 Å². The van der Waals surface area contributed by atoms with E-state index in [9.17, 15) is 9.59 Å². The predicted molar refractivity (Wildman–Crippen MR) is 101 cm³/mol. The van der Waals surface area contributed by atoms with Gasteiger partial charge in [0.25, 0.3) is 0 Å². The summed E-state index contributed by atoms with van der Waals surface area (Å²) in [5.74, 6) is 0.523. The molecule has 2 fully saturated rings. The Bertz CT molecular complexity index is 828. The fourth-order valence-electron chi connectivity index (χ4n) is 3.77. The lowest BCUT2D eigenvalue weighted by molar-refractivity contribution is -0.136. The van der Waals surface area contributed by atoms with Crippen LogP contribution in [0.3, 0.4) is 0 Å². The molecule has 0 bridgehead atoms. The van der Waals surface area contributed by atoms with Crippen molar-refractivity contribution in [3.05, 3.63) is 36.4 Å². The summed E-state index contributed by atoms with van der Waals surface area (Å²) >= 11 is 0. The largest absolute Gasteiger partial charge is 0.352 e. The number of rotatable bonds is 7. The Kier molecular flexibility index (Phi) is 4.92. The second-order valence-corrected chi connectivity index (χ2v) is 7.33. The third-order valence-electron chi connectivity index (χ3n) is 5.42. The second kappa shape index (κ2) is 7.50. The molecule has 142 valence electrons. The fourth-order valence-corrected chi connectivity index (χ4v) is 3.77. The quantitative estimate of drug-likeness (QED) is 0.811. The van der Waals surface area contributed by atoms with Crippen molar-refractivity contribution in [3.63, 3.8) is 0 Å². The average molecular weight is 367 g/mol. The number of nitrogens with one attached hydrogen (secondary N) is 1. The zero-order valence-electron chi connectivity index (χ0n) is 15.6. The van der Waals surface area contributed by atoms with E-state index in [0.29, 0.717) is 32.0 Å². The minimum atomic E-state index is -0.409. The Hall–Kier alpha value is -2.70. The number of carbonyl (C=O) groups is 2. The lowest BCUT2D eigenvalue weighted by Gasteiger charge is -2.23. The lowest BCUT2D eigenvalue weighted by atomic mass is 10.1. The van der Waals surface area contributed by atoms with Gasteiger partial charge >= 0.3 is 0 Å². The zero-order chi connectivity index (χ0) is 18.8. The van der Waals surface area contributed by atoms with E-state index in [-0.39, 0.29) is 11.8 Å². The van der Waals surface area contributed by atoms with E-state index in [1.807, 2.05) is 23.0 Å². The van der Waals surface area contributed by atoms with E-state index in [1.165, 1.54) is 18.5 Å². The SMILES string of the molecule is C[C@H](C(=O)NCCn1ncc(-c2ccncc2)c1C1CC1)N1CCCC1=O. The molecule has 2 amide bonds. The maximum Gasteiger partial charge on any atom is 0.242 e. The van der Waals surface area contributed by atoms with Gasteiger partial charge in [-0.2, -0.15) is 5.10 Å². The third kappa shape index (κ3) is 3.72. The Morgan fingerprint density at radius 2 is 2.11 bits per heavy atom. The maximum absolute atomic E-state index is 12.4. The van der Waals surface area contributed by atoms with Crippen molar-refractivity contribution in [2.75, 3.05) is 13.1 Å². The van der Waals surface area contributed by atoms with Crippen LogP contribution in [-0.4, -0.2) is 50.6 Å². The smallest absolute Gasteiger partial charge is 0.242 e. The summed E-state index contributed by atoms with van der Waals surface area (Å²) < 4.78 is 2.01. The van der Waals surface area contributed by atoms with Crippen LogP contribution in [0.4, 0.5) is 0 Å². The predicted octanol–water partition coefficient (Wildman–Crippen LogP) is 1.95. The first-order valence-corrected chi connectivity index (χ1v) is 9.68. The third-order valence-corrected chi connectivity index (χ3v) is 5.42. The first-order valence-electron chi connectivity index (χ1n) is 9.68. The van der Waals surface area contributed by atoms with Gasteiger partial charge in [-0.1, -0.05) is 0 Å². The van der Waals surface area contributed by atoms with Gasteiger partial charge in [-0.3, -0.25) is 19.3 Å². The summed E-state index contributed by atoms with van der Waals surface area (Å²) in [6.07, 6.45) is 9.26. The van der Waals surface area contributed by atoms with Crippen molar-refractivity contribution >= 4 is 11.8 Å². The molecule has 4 rings (SSSR count). The number of likely N-dealkylation sites (tertiary alicyclic amines) is 1. The number of pyridine rings is 1. The van der Waals surface area contributed by atoms with Crippen molar-refractivity contribution in [1.29, 1.82) is 0 Å². The second-order valence-electron chi connectivity index (χ2n) is 7.33. The highest BCUT2D eigenvalue weighted by molar-refractivity contribution is 5.88. The minimum absolute atomic E-state index is 0.0720. The molecule has 1 aliphatic heterocycles. The van der Waals surface area contributed by atoms with Gasteiger partial charge < -0.3 is 10.2 Å². The fraction of sp³-hybridized carbons (Fsp3) is 0.500. The first-order chi connectivity index (χ1) is 13.1. The normalized spacial score (nSPS) is 18.0. The van der Waals surface area contributed by atoms with Crippen molar-refractivity contribution in [2.24, 2.45) is 0 Å². The highest BCUT2D eigenvalue weighted by Gasteiger charge is 2.31. The number of amides is 2. The molecule has 2 aromatic heterocycles. The van der Waals surface area contributed by atoms with Gasteiger partial charge in [0, 0.05) is 49.1 Å². The molecule has 27 heavy (non-hydrogen) atoms. The van der Waals surface area contributed by atoms with E-state index in [0.717, 1.165) is 17.5 Å². The number of hydrogen-bond acceptors (Lipinski definition) is 4. The molecule has 0 spiro atoms. The molecule has 7 heteroatoms. The Labute approximate surface area is 158 Å². The first kappa shape index (κ1) is 17.7. The molecule has 3 heterocycles. The summed E-state index contributed by atoms with van der Waals surface area (Å²) in [4.78, 5) is 29.9. The molecule has 1 saturated carbocycles. The molecular weight excluding hydrogens is 342 g/mol. The molecule has 1 aliphatic carbocycles. The average Bonchev–Trinajstić information content (AvgIpc) is 3.30. The number of nitrogens with zero attached hydrogens (tertiary/aromatic N) is 4. The standard InChI is InChI=1S/C20H25N5O2/c1-14(24-11-2-3-18(24)26)20(27)22-10-12-25-19(16-4-5-16)17(13-23-25)15-6-8-21-9-7-15/h6-9,13-14,16H,2-5,10-12H2,1H3,(H,22,27)/t14-/m1/s1. The van der Waals surface area contributed by atoms with Crippen LogP contribution >= 0.6 is 0 Å². The summed E-state index contributed by atoms with van der Waals surface area (Å²) in [5.41, 5.74) is 3.53. The Balaban J connectivity index is 1.39. The van der Waals surface area contributed by atoms with Gasteiger partial charge in [-0.25, -0.2) is 0 Å². The zero-order valence-corrected chi connectivity index (χ0v) is 15.6. The van der Waals surface area contributed by atoms with Crippen molar-refractivity contribution < 1.29 is 9.59 Å². The summed E-state index contributed by atoms with van der Waals surface area (Å²) in [7, 11) is 0. The molecule has 0 aromatic carbocycles. The Morgan fingerprint density at radius 3 is 2.78 bits per heavy atom. The summed E-state index contributed by atoms with van der Waals surface area (Å²) in [5, 5.41) is 7.53. The van der Waals surface area contributed by atoms with Gasteiger partial charge in [0.05, 0.1) is 12.7 Å². The minimum Gasteiger partial charge on any atom is -0.352 e. The van der Waals surface area contributed by atoms with Crippen LogP contribution < -0.4 is 5.32 Å². The van der Waals surface area contributed by atoms with Crippen molar-refractivity contribution in [1.82, 2.24) is 25.0 Å². The molecule has 1 N–H and O–H groups in total. The highest BCUT2D eigenvalue weighted by atomic mass is 16.2. The van der Waals surface area contributed by atoms with Crippen LogP contribution in [0.2, 0.25) is 0 Å². The van der Waals surface area contributed by atoms with Gasteiger partial charge in [-0.05, 0) is 43.9 Å². The van der Waals surface area contributed by atoms with E-state index >= 15 is 0 Å². The molecule has 2 aliphatic rings. The molecule has 1 atom stereocenters. The molecule has 1 saturated heterocycles. The molecule has 7 nitrogen and oxygen atoms in total. The Morgan fingerprint density at radius 1 is 1.33 bits per heavy atom. The molecular formula is C20H25N5O2. The van der Waals surface area contributed by atoms with E-state index < -0.39 is 6.04 Å². The highest BCUT2D eigenvalue weighted by Crippen LogP contribution is 2.44. The van der Waals surface area contributed by atoms with Crippen LogP contribution in [0.25, 0.3) is 11.1 Å². The van der Waals surface area contributed by atoms with E-state index in [2.05, 4.69) is 15.4 Å². The van der Waals surface area contributed by atoms with E-state index in [4.69, 9.17) is 0 Å². The van der Waals surface area contributed by atoms with Crippen LogP contribution in [0.5, 0.6) is 0 Å². The number of aromatic nitrogens is 3. The van der Waals surface area contributed by atoms with Crippen molar-refractivity contribution in [3.8, 4) is 11.1 Å². The summed E-state index contributed by atoms with van der Waals surface area (Å²) in [6, 6.07) is 3.60. The lowest BCUT2D eigenvalue weighted by Crippen LogP contribution is -2.46. The van der Waals surface area contributed by atoms with Gasteiger partial charge in [0.1, 0.15) is 6.04 Å². The summed E-state index contributed by atoms with van der Waals surface area (Å²) in [6.45, 7) is 3.60. The van der Waals surface area contributed by atoms with Crippen molar-refractivity contribution in [2.45, 2.75) is 51.1 Å². The van der Waals surface area contributed by atoms with Crippen LogP contribution in [0, 0.1) is 0 Å². The number of carbonyl (C=O) groups excluding carboxylic acids is 2. The van der Waals surface area contributed by atoms with Gasteiger partial charge in [0.15, 0.2) is 0 Å². The van der Waals surface area contributed by atoms with Gasteiger partial charge in [-0.15, -0.1) is 0 Å².